The zero-order valence-corrected chi connectivity index (χ0v) is 21.6. The smallest absolute Gasteiger partial charge is 0.324 e. The van der Waals surface area contributed by atoms with Gasteiger partial charge in [-0.1, -0.05) is 53.5 Å². The van der Waals surface area contributed by atoms with Crippen LogP contribution in [0.5, 0.6) is 0 Å². The maximum Gasteiger partial charge on any atom is 0.416 e. The summed E-state index contributed by atoms with van der Waals surface area (Å²) in [4.78, 5) is 31.6. The molecule has 184 valence electrons. The van der Waals surface area contributed by atoms with Crippen molar-refractivity contribution >= 4 is 50.6 Å². The fourth-order valence-corrected chi connectivity index (χ4v) is 5.25. The first-order valence-corrected chi connectivity index (χ1v) is 12.2. The van der Waals surface area contributed by atoms with Crippen molar-refractivity contribution in [1.29, 1.82) is 0 Å². The van der Waals surface area contributed by atoms with E-state index in [0.717, 1.165) is 28.2 Å². The molecule has 4 nitrogen and oxygen atoms in total. The minimum Gasteiger partial charge on any atom is -0.324 e. The van der Waals surface area contributed by atoms with Crippen LogP contribution in [0.15, 0.2) is 63.2 Å². The summed E-state index contributed by atoms with van der Waals surface area (Å²) in [5.41, 5.74) is 1.06. The summed E-state index contributed by atoms with van der Waals surface area (Å²) >= 11 is 9.53. The maximum absolute atomic E-state index is 13.6. The van der Waals surface area contributed by atoms with E-state index in [4.69, 9.17) is 11.6 Å². The summed E-state index contributed by atoms with van der Waals surface area (Å²) in [5.74, 6) is -2.17. The number of amides is 1. The highest BCUT2D eigenvalue weighted by molar-refractivity contribution is 9.10. The van der Waals surface area contributed by atoms with Gasteiger partial charge in [-0.15, -0.1) is 0 Å². The van der Waals surface area contributed by atoms with Crippen LogP contribution in [0.25, 0.3) is 0 Å². The Hall–Kier alpha value is -2.45. The molecular weight excluding hydrogens is 545 g/mol. The van der Waals surface area contributed by atoms with Crippen molar-refractivity contribution in [2.24, 2.45) is 16.3 Å². The fraction of sp³-hybridized carbons (Fsp3) is 0.346. The van der Waals surface area contributed by atoms with Gasteiger partial charge in [0.2, 0.25) is 5.91 Å². The van der Waals surface area contributed by atoms with Gasteiger partial charge in [-0.25, -0.2) is 0 Å². The molecule has 2 aromatic carbocycles. The second-order valence-corrected chi connectivity index (χ2v) is 11.1. The Morgan fingerprint density at radius 1 is 1.14 bits per heavy atom. The van der Waals surface area contributed by atoms with Crippen LogP contribution in [0.3, 0.4) is 0 Å². The number of nitrogens with one attached hydrogen (secondary N) is 1. The average Bonchev–Trinajstić information content (AvgIpc) is 2.73. The largest absolute Gasteiger partial charge is 0.416 e. The Kier molecular flexibility index (Phi) is 6.74. The summed E-state index contributed by atoms with van der Waals surface area (Å²) in [6.45, 7) is 5.71. The number of ketones is 1. The van der Waals surface area contributed by atoms with E-state index in [-0.39, 0.29) is 21.9 Å². The second kappa shape index (κ2) is 9.21. The number of allylic oxidation sites excluding steroid dienone is 2. The first-order chi connectivity index (χ1) is 16.3. The Morgan fingerprint density at radius 3 is 2.43 bits per heavy atom. The van der Waals surface area contributed by atoms with Crippen molar-refractivity contribution < 1.29 is 22.8 Å². The highest BCUT2D eigenvalue weighted by atomic mass is 79.9. The minimum absolute atomic E-state index is 0.0210. The molecular formula is C26H23BrClF3N2O2. The third kappa shape index (κ3) is 5.23. The summed E-state index contributed by atoms with van der Waals surface area (Å²) in [6.07, 6.45) is -3.68. The first-order valence-electron chi connectivity index (χ1n) is 11.0. The number of halogens is 5. The number of nitrogens with zero attached hydrogens (tertiary/aromatic N) is 1. The highest BCUT2D eigenvalue weighted by Crippen LogP contribution is 2.48. The minimum atomic E-state index is -4.59. The van der Waals surface area contributed by atoms with Gasteiger partial charge >= 0.3 is 6.18 Å². The van der Waals surface area contributed by atoms with E-state index >= 15 is 0 Å². The lowest BCUT2D eigenvalue weighted by molar-refractivity contribution is -0.137. The number of hydrogen-bond acceptors (Lipinski definition) is 3. The number of carbonyl (C=O) groups is 2. The molecule has 0 saturated carbocycles. The van der Waals surface area contributed by atoms with E-state index in [0.29, 0.717) is 29.8 Å². The number of rotatable bonds is 3. The van der Waals surface area contributed by atoms with Crippen LogP contribution in [-0.2, 0) is 15.8 Å². The molecule has 0 spiro atoms. The Labute approximate surface area is 214 Å². The van der Waals surface area contributed by atoms with E-state index in [2.05, 4.69) is 26.2 Å². The normalized spacial score (nSPS) is 21.9. The molecule has 0 radical (unpaired) electrons. The Morgan fingerprint density at radius 2 is 1.80 bits per heavy atom. The van der Waals surface area contributed by atoms with Crippen LogP contribution in [0, 0.1) is 11.3 Å². The van der Waals surface area contributed by atoms with Crippen molar-refractivity contribution in [2.45, 2.75) is 45.7 Å². The zero-order valence-electron chi connectivity index (χ0n) is 19.3. The lowest BCUT2D eigenvalue weighted by Crippen LogP contribution is -2.41. The van der Waals surface area contributed by atoms with E-state index in [1.54, 1.807) is 6.92 Å². The van der Waals surface area contributed by atoms with E-state index < -0.39 is 29.5 Å². The highest BCUT2D eigenvalue weighted by Gasteiger charge is 2.45. The molecule has 1 aliphatic carbocycles. The summed E-state index contributed by atoms with van der Waals surface area (Å²) in [7, 11) is 0. The van der Waals surface area contributed by atoms with Gasteiger partial charge in [0.05, 0.1) is 22.2 Å². The van der Waals surface area contributed by atoms with Gasteiger partial charge in [-0.3, -0.25) is 14.6 Å². The molecule has 2 aliphatic rings. The van der Waals surface area contributed by atoms with Gasteiger partial charge in [0, 0.05) is 33.8 Å². The van der Waals surface area contributed by atoms with Crippen LogP contribution >= 0.6 is 27.5 Å². The van der Waals surface area contributed by atoms with Gasteiger partial charge in [-0.05, 0) is 54.7 Å². The Balaban J connectivity index is 1.78. The fourth-order valence-electron chi connectivity index (χ4n) is 4.82. The molecule has 1 amide bonds. The molecule has 4 rings (SSSR count). The van der Waals surface area contributed by atoms with Crippen LogP contribution in [0.4, 0.5) is 18.9 Å². The molecule has 0 aromatic heterocycles. The Bertz CT molecular complexity index is 1270. The summed E-state index contributed by atoms with van der Waals surface area (Å²) in [6, 6.07) is 10.1. The predicted octanol–water partition coefficient (Wildman–Crippen LogP) is 7.58. The van der Waals surface area contributed by atoms with Crippen molar-refractivity contribution in [3.63, 3.8) is 0 Å². The van der Waals surface area contributed by atoms with Crippen LogP contribution < -0.4 is 5.32 Å². The van der Waals surface area contributed by atoms with Crippen molar-refractivity contribution in [3.05, 3.63) is 74.4 Å². The van der Waals surface area contributed by atoms with E-state index in [1.165, 1.54) is 0 Å². The van der Waals surface area contributed by atoms with Gasteiger partial charge in [0.1, 0.15) is 0 Å². The van der Waals surface area contributed by atoms with Crippen LogP contribution in [0.1, 0.15) is 50.7 Å². The number of alkyl halides is 3. The van der Waals surface area contributed by atoms with Crippen LogP contribution in [-0.4, -0.2) is 17.4 Å². The number of Topliss-reactive ketones (excluding diaryl/α,β-unsaturated/α-hetero) is 1. The number of carbonyl (C=O) groups excluding carboxylic acids is 2. The van der Waals surface area contributed by atoms with Crippen molar-refractivity contribution in [2.75, 3.05) is 5.32 Å². The monoisotopic (exact) mass is 566 g/mol. The van der Waals surface area contributed by atoms with Gasteiger partial charge < -0.3 is 5.32 Å². The maximum atomic E-state index is 13.6. The molecule has 1 N–H and O–H groups in total. The number of hydrogen-bond donors (Lipinski definition) is 1. The molecule has 0 bridgehead atoms. The van der Waals surface area contributed by atoms with E-state index in [9.17, 15) is 22.8 Å². The molecule has 0 saturated heterocycles. The molecule has 1 unspecified atom stereocenters. The first kappa shape index (κ1) is 25.6. The quantitative estimate of drug-likeness (QED) is 0.416. The standard InChI is InChI=1S/C26H23BrClF3N2O2/c1-13-21(24(35)33-18-10-15(26(29,30)31)6-9-17(18)28)22(14-4-7-16(27)8-5-14)23-19(32-13)11-25(2,3)12-20(23)34/h4-10,21-22H,11-12H2,1-3H3,(H,33,35)/t21?,22-/m1/s1. The predicted molar refractivity (Wildman–Crippen MR) is 134 cm³/mol. The van der Waals surface area contributed by atoms with Crippen LogP contribution in [0.2, 0.25) is 5.02 Å². The molecule has 9 heteroatoms. The van der Waals surface area contributed by atoms with E-state index in [1.807, 2.05) is 38.1 Å². The molecule has 1 aliphatic heterocycles. The number of anilines is 1. The van der Waals surface area contributed by atoms with Crippen molar-refractivity contribution in [1.82, 2.24) is 0 Å². The molecule has 2 aromatic rings. The third-order valence-electron chi connectivity index (χ3n) is 6.37. The molecule has 1 heterocycles. The number of aliphatic imine (C=N–C) groups is 1. The number of benzene rings is 2. The summed E-state index contributed by atoms with van der Waals surface area (Å²) in [5, 5.41) is 2.54. The summed E-state index contributed by atoms with van der Waals surface area (Å²) < 4.78 is 40.6. The molecule has 2 atom stereocenters. The molecule has 35 heavy (non-hydrogen) atoms. The molecule has 0 fully saturated rings. The van der Waals surface area contributed by atoms with Gasteiger partial charge in [0.15, 0.2) is 5.78 Å². The van der Waals surface area contributed by atoms with Crippen molar-refractivity contribution in [3.8, 4) is 0 Å². The average molecular weight is 568 g/mol. The van der Waals surface area contributed by atoms with Gasteiger partial charge in [0.25, 0.3) is 0 Å². The lowest BCUT2D eigenvalue weighted by atomic mass is 9.66. The zero-order chi connectivity index (χ0) is 25.7. The van der Waals surface area contributed by atoms with Gasteiger partial charge in [-0.2, -0.15) is 13.2 Å². The third-order valence-corrected chi connectivity index (χ3v) is 7.22. The SMILES string of the molecule is CC1=NC2=C(C(=O)CC(C)(C)C2)[C@H](c2ccc(Br)cc2)C1C(=O)Nc1cc(C(F)(F)F)ccc1Cl. The second-order valence-electron chi connectivity index (χ2n) is 9.74. The lowest BCUT2D eigenvalue weighted by Gasteiger charge is -2.39. The topological polar surface area (TPSA) is 58.5 Å².